The second-order valence-corrected chi connectivity index (χ2v) is 9.90. The third kappa shape index (κ3) is 5.27. The lowest BCUT2D eigenvalue weighted by Crippen LogP contribution is -2.35. The lowest BCUT2D eigenvalue weighted by molar-refractivity contribution is 0.158. The summed E-state index contributed by atoms with van der Waals surface area (Å²) in [6.45, 7) is 10.9. The minimum absolute atomic E-state index is 0.449. The molecule has 1 saturated heterocycles. The third-order valence-electron chi connectivity index (χ3n) is 6.41. The summed E-state index contributed by atoms with van der Waals surface area (Å²) in [5, 5.41) is 9.17. The number of piperidine rings is 1. The van der Waals surface area contributed by atoms with Crippen molar-refractivity contribution in [1.82, 2.24) is 24.6 Å². The van der Waals surface area contributed by atoms with Gasteiger partial charge < -0.3 is 9.88 Å². The Balaban J connectivity index is 1.27. The van der Waals surface area contributed by atoms with Gasteiger partial charge in [0.1, 0.15) is 12.7 Å². The van der Waals surface area contributed by atoms with Crippen molar-refractivity contribution in [3.8, 4) is 5.69 Å². The van der Waals surface area contributed by atoms with E-state index in [0.717, 1.165) is 18.0 Å². The average Bonchev–Trinajstić information content (AvgIpc) is 3.37. The van der Waals surface area contributed by atoms with E-state index in [-0.39, 0.29) is 0 Å². The molecule has 0 radical (unpaired) electrons. The molecule has 2 aromatic heterocycles. The van der Waals surface area contributed by atoms with E-state index in [1.54, 1.807) is 12.7 Å². The fourth-order valence-corrected chi connectivity index (χ4v) is 4.44. The molecule has 1 aliphatic rings. The van der Waals surface area contributed by atoms with Crippen LogP contribution in [0, 0.1) is 11.3 Å². The first-order valence-corrected chi connectivity index (χ1v) is 11.2. The van der Waals surface area contributed by atoms with E-state index in [4.69, 9.17) is 0 Å². The molecule has 3 heterocycles. The molecule has 0 bridgehead atoms. The molecular weight excluding hydrogens is 358 g/mol. The van der Waals surface area contributed by atoms with Gasteiger partial charge in [0, 0.05) is 22.8 Å². The highest BCUT2D eigenvalue weighted by atomic mass is 15.2. The van der Waals surface area contributed by atoms with Crippen LogP contribution < -0.4 is 0 Å². The van der Waals surface area contributed by atoms with Crippen LogP contribution in [0.1, 0.15) is 58.4 Å². The van der Waals surface area contributed by atoms with Gasteiger partial charge in [-0.05, 0) is 86.8 Å². The molecule has 3 aromatic rings. The van der Waals surface area contributed by atoms with Gasteiger partial charge in [-0.2, -0.15) is 0 Å². The summed E-state index contributed by atoms with van der Waals surface area (Å²) in [6, 6.07) is 6.51. The molecule has 29 heavy (non-hydrogen) atoms. The van der Waals surface area contributed by atoms with Gasteiger partial charge in [-0.1, -0.05) is 27.2 Å². The molecule has 4 rings (SSSR count). The highest BCUT2D eigenvalue weighted by Crippen LogP contribution is 2.27. The van der Waals surface area contributed by atoms with Gasteiger partial charge in [0.2, 0.25) is 0 Å². The number of likely N-dealkylation sites (tertiary alicyclic amines) is 1. The Hall–Kier alpha value is -2.14. The second kappa shape index (κ2) is 8.70. The zero-order chi connectivity index (χ0) is 20.3. The molecule has 0 spiro atoms. The van der Waals surface area contributed by atoms with Gasteiger partial charge in [-0.3, -0.25) is 4.57 Å². The Labute approximate surface area is 174 Å². The largest absolute Gasteiger partial charge is 0.361 e. The number of benzene rings is 1. The Morgan fingerprint density at radius 1 is 1.10 bits per heavy atom. The van der Waals surface area contributed by atoms with Crippen LogP contribution in [-0.2, 0) is 6.42 Å². The summed E-state index contributed by atoms with van der Waals surface area (Å²) in [5.74, 6) is 0.902. The molecule has 1 N–H and O–H groups in total. The van der Waals surface area contributed by atoms with E-state index < -0.39 is 0 Å². The fraction of sp³-hybridized carbons (Fsp3) is 0.583. The Morgan fingerprint density at radius 2 is 1.86 bits per heavy atom. The molecule has 156 valence electrons. The minimum Gasteiger partial charge on any atom is -0.361 e. The van der Waals surface area contributed by atoms with Gasteiger partial charge in [0.25, 0.3) is 0 Å². The maximum atomic E-state index is 3.92. The zero-order valence-electron chi connectivity index (χ0n) is 18.2. The lowest BCUT2D eigenvalue weighted by Gasteiger charge is -2.33. The van der Waals surface area contributed by atoms with E-state index >= 15 is 0 Å². The number of nitrogens with one attached hydrogen (secondary N) is 1. The first-order chi connectivity index (χ1) is 14.0. The maximum Gasteiger partial charge on any atom is 0.123 e. The van der Waals surface area contributed by atoms with E-state index in [1.807, 2.05) is 4.57 Å². The van der Waals surface area contributed by atoms with Crippen LogP contribution >= 0.6 is 0 Å². The molecule has 1 fully saturated rings. The first-order valence-electron chi connectivity index (χ1n) is 11.2. The topological polar surface area (TPSA) is 49.7 Å². The molecule has 1 aliphatic heterocycles. The van der Waals surface area contributed by atoms with Crippen molar-refractivity contribution < 1.29 is 0 Å². The summed E-state index contributed by atoms with van der Waals surface area (Å²) < 4.78 is 1.96. The standard InChI is InChI=1S/C24H35N5/c1-24(2,3)11-14-28-12-9-19(10-13-28)5-4-6-20-16-25-23-8-7-21(15-22(20)23)29-17-26-27-18-29/h7-8,15-19,25H,4-6,9-14H2,1-3H3. The predicted octanol–water partition coefficient (Wildman–Crippen LogP) is 5.22. The van der Waals surface area contributed by atoms with Crippen molar-refractivity contribution in [1.29, 1.82) is 0 Å². The molecule has 1 aromatic carbocycles. The molecule has 0 atom stereocenters. The van der Waals surface area contributed by atoms with Gasteiger partial charge >= 0.3 is 0 Å². The zero-order valence-corrected chi connectivity index (χ0v) is 18.2. The van der Waals surface area contributed by atoms with E-state index in [9.17, 15) is 0 Å². The quantitative estimate of drug-likeness (QED) is 0.599. The number of aromatic amines is 1. The number of H-pyrrole nitrogens is 1. The highest BCUT2D eigenvalue weighted by Gasteiger charge is 2.20. The monoisotopic (exact) mass is 393 g/mol. The summed E-state index contributed by atoms with van der Waals surface area (Å²) in [7, 11) is 0. The minimum atomic E-state index is 0.449. The Morgan fingerprint density at radius 3 is 2.59 bits per heavy atom. The molecule has 0 aliphatic carbocycles. The molecule has 0 saturated carbocycles. The summed E-state index contributed by atoms with van der Waals surface area (Å²) in [4.78, 5) is 6.11. The summed E-state index contributed by atoms with van der Waals surface area (Å²) in [5.41, 5.74) is 4.21. The predicted molar refractivity (Wildman–Crippen MR) is 119 cm³/mol. The fourth-order valence-electron chi connectivity index (χ4n) is 4.44. The van der Waals surface area contributed by atoms with E-state index in [0.29, 0.717) is 5.41 Å². The van der Waals surface area contributed by atoms with Crippen molar-refractivity contribution in [2.24, 2.45) is 11.3 Å². The lowest BCUT2D eigenvalue weighted by atomic mass is 9.89. The number of aryl methyl sites for hydroxylation is 1. The van der Waals surface area contributed by atoms with Crippen LogP contribution in [0.4, 0.5) is 0 Å². The SMILES string of the molecule is CC(C)(C)CCN1CCC(CCCc2c[nH]c3ccc(-n4cnnc4)cc23)CC1. The maximum absolute atomic E-state index is 3.92. The Bertz CT molecular complexity index is 895. The Kier molecular flexibility index (Phi) is 6.04. The highest BCUT2D eigenvalue weighted by molar-refractivity contribution is 5.85. The average molecular weight is 394 g/mol. The van der Waals surface area contributed by atoms with E-state index in [1.165, 1.54) is 68.2 Å². The number of nitrogens with zero attached hydrogens (tertiary/aromatic N) is 4. The number of hydrogen-bond acceptors (Lipinski definition) is 3. The van der Waals surface area contributed by atoms with Gasteiger partial charge in [-0.25, -0.2) is 0 Å². The summed E-state index contributed by atoms with van der Waals surface area (Å²) in [6.07, 6.45) is 13.5. The van der Waals surface area contributed by atoms with Crippen molar-refractivity contribution in [2.45, 2.75) is 59.3 Å². The van der Waals surface area contributed by atoms with Crippen LogP contribution in [0.2, 0.25) is 0 Å². The third-order valence-corrected chi connectivity index (χ3v) is 6.41. The number of aromatic nitrogens is 4. The van der Waals surface area contributed by atoms with E-state index in [2.05, 4.69) is 65.2 Å². The van der Waals surface area contributed by atoms with Crippen molar-refractivity contribution in [3.05, 3.63) is 42.6 Å². The number of hydrogen-bond donors (Lipinski definition) is 1. The summed E-state index contributed by atoms with van der Waals surface area (Å²) >= 11 is 0. The van der Waals surface area contributed by atoms with Crippen LogP contribution in [-0.4, -0.2) is 44.3 Å². The first kappa shape index (κ1) is 20.1. The smallest absolute Gasteiger partial charge is 0.123 e. The van der Waals surface area contributed by atoms with Crippen molar-refractivity contribution >= 4 is 10.9 Å². The van der Waals surface area contributed by atoms with Crippen LogP contribution in [0.5, 0.6) is 0 Å². The molecule has 5 nitrogen and oxygen atoms in total. The normalized spacial score (nSPS) is 16.7. The van der Waals surface area contributed by atoms with Crippen LogP contribution in [0.25, 0.3) is 16.6 Å². The van der Waals surface area contributed by atoms with Gasteiger partial charge in [0.15, 0.2) is 0 Å². The second-order valence-electron chi connectivity index (χ2n) is 9.90. The molecule has 0 amide bonds. The molecular formula is C24H35N5. The van der Waals surface area contributed by atoms with Crippen molar-refractivity contribution in [3.63, 3.8) is 0 Å². The molecule has 5 heteroatoms. The van der Waals surface area contributed by atoms with Crippen molar-refractivity contribution in [2.75, 3.05) is 19.6 Å². The van der Waals surface area contributed by atoms with Crippen LogP contribution in [0.3, 0.4) is 0 Å². The van der Waals surface area contributed by atoms with Gasteiger partial charge in [0.05, 0.1) is 0 Å². The number of fused-ring (bicyclic) bond motifs is 1. The van der Waals surface area contributed by atoms with Crippen LogP contribution in [0.15, 0.2) is 37.1 Å². The number of rotatable bonds is 7. The van der Waals surface area contributed by atoms with Gasteiger partial charge in [-0.15, -0.1) is 10.2 Å². The molecule has 0 unspecified atom stereocenters.